The molecule has 0 aromatic heterocycles. The van der Waals surface area contributed by atoms with Crippen molar-refractivity contribution in [3.8, 4) is 0 Å². The van der Waals surface area contributed by atoms with E-state index in [4.69, 9.17) is 13.9 Å². The molecule has 1 heterocycles. The number of allylic oxidation sites excluding steroid dienone is 1. The van der Waals surface area contributed by atoms with E-state index >= 15 is 0 Å². The van der Waals surface area contributed by atoms with Gasteiger partial charge in [0.2, 0.25) is 0 Å². The topological polar surface area (TPSA) is 27.7 Å². The Morgan fingerprint density at radius 3 is 2.38 bits per heavy atom. The zero-order valence-electron chi connectivity index (χ0n) is 22.2. The predicted octanol–water partition coefficient (Wildman–Crippen LogP) is 7.97. The Morgan fingerprint density at radius 2 is 1.81 bits per heavy atom. The van der Waals surface area contributed by atoms with Crippen molar-refractivity contribution >= 4 is 50.2 Å². The van der Waals surface area contributed by atoms with Crippen LogP contribution in [0.5, 0.6) is 0 Å². The Hall–Kier alpha value is 1.08. The summed E-state index contributed by atoms with van der Waals surface area (Å²) in [6, 6.07) is 0. The molecule has 0 bridgehead atoms. The van der Waals surface area contributed by atoms with Crippen molar-refractivity contribution in [2.45, 2.75) is 84.0 Å². The second-order valence-electron chi connectivity index (χ2n) is 11.1. The van der Waals surface area contributed by atoms with Crippen molar-refractivity contribution in [1.82, 2.24) is 0 Å². The summed E-state index contributed by atoms with van der Waals surface area (Å²) in [5.74, 6) is 3.16. The van der Waals surface area contributed by atoms with Gasteiger partial charge in [0.25, 0.3) is 0 Å². The minimum absolute atomic E-state index is 0.369. The van der Waals surface area contributed by atoms with Crippen LogP contribution in [0.2, 0.25) is 34.5 Å². The first-order valence-electron chi connectivity index (χ1n) is 12.2. The van der Waals surface area contributed by atoms with Gasteiger partial charge in [0, 0.05) is 7.11 Å². The van der Waals surface area contributed by atoms with E-state index in [-0.39, 0.29) is 0 Å². The number of methoxy groups -OCH3 is 1. The van der Waals surface area contributed by atoms with Crippen LogP contribution in [-0.4, -0.2) is 69.4 Å². The van der Waals surface area contributed by atoms with Gasteiger partial charge in [-0.2, -0.15) is 0 Å². The molecule has 0 saturated carbocycles. The zero-order chi connectivity index (χ0) is 24.3. The Labute approximate surface area is 213 Å². The van der Waals surface area contributed by atoms with E-state index in [1.807, 2.05) is 0 Å². The van der Waals surface area contributed by atoms with Crippen molar-refractivity contribution in [3.63, 3.8) is 0 Å². The third kappa shape index (κ3) is 13.2. The molecular weight excluding hydrogens is 559 g/mol. The maximum atomic E-state index is 6.38. The zero-order valence-corrected chi connectivity index (χ0v) is 27.7. The Balaban J connectivity index is 2.68. The van der Waals surface area contributed by atoms with Crippen LogP contribution in [0.4, 0.5) is 0 Å². The van der Waals surface area contributed by atoms with Gasteiger partial charge < -0.3 is 4.74 Å². The third-order valence-electron chi connectivity index (χ3n) is 5.85. The van der Waals surface area contributed by atoms with Gasteiger partial charge in [0.05, 0.1) is 0 Å². The summed E-state index contributed by atoms with van der Waals surface area (Å²) in [6.45, 7) is 15.6. The predicted molar refractivity (Wildman–Crippen MR) is 152 cm³/mol. The molecule has 0 spiro atoms. The molecule has 1 aliphatic rings. The number of thioether (sulfide) groups is 2. The molecule has 3 nitrogen and oxygen atoms in total. The molecule has 1 saturated heterocycles. The van der Waals surface area contributed by atoms with Crippen LogP contribution in [0.25, 0.3) is 0 Å². The summed E-state index contributed by atoms with van der Waals surface area (Å²) >= 11 is 2.29. The summed E-state index contributed by atoms with van der Waals surface area (Å²) < 4.78 is 18.8. The fraction of sp³-hybridized carbons (Fsp3) is 0.840. The molecule has 1 unspecified atom stereocenters. The van der Waals surface area contributed by atoms with E-state index in [0.717, 1.165) is 13.0 Å². The third-order valence-corrected chi connectivity index (χ3v) is 17.1. The second-order valence-corrected chi connectivity index (χ2v) is 33.5. The van der Waals surface area contributed by atoms with E-state index in [1.54, 1.807) is 10.7 Å². The molecule has 1 atom stereocenters. The van der Waals surface area contributed by atoms with Gasteiger partial charge in [-0.25, -0.2) is 0 Å². The monoisotopic (exact) mass is 610 g/mol. The van der Waals surface area contributed by atoms with E-state index in [0.29, 0.717) is 23.4 Å². The van der Waals surface area contributed by atoms with Gasteiger partial charge in [0.1, 0.15) is 6.79 Å². The van der Waals surface area contributed by atoms with Crippen molar-refractivity contribution in [1.29, 1.82) is 0 Å². The Kier molecular flexibility index (Phi) is 14.8. The number of hydrogen-bond acceptors (Lipinski definition) is 5. The van der Waals surface area contributed by atoms with Crippen LogP contribution >= 0.6 is 23.5 Å². The summed E-state index contributed by atoms with van der Waals surface area (Å²) in [7, 11) is 0.166. The molecule has 0 aromatic carbocycles. The maximum absolute atomic E-state index is 6.38. The molecule has 7 heteroatoms. The van der Waals surface area contributed by atoms with Crippen molar-refractivity contribution < 1.29 is 13.9 Å². The van der Waals surface area contributed by atoms with Gasteiger partial charge >= 0.3 is 196 Å². The molecule has 1 fully saturated rings. The summed E-state index contributed by atoms with van der Waals surface area (Å²) in [5.41, 5.74) is 1.31. The van der Waals surface area contributed by atoms with Crippen molar-refractivity contribution in [2.75, 3.05) is 38.6 Å². The van der Waals surface area contributed by atoms with Crippen LogP contribution < -0.4 is 0 Å². The number of rotatable bonds is 16. The van der Waals surface area contributed by atoms with Gasteiger partial charge in [-0.3, -0.25) is 0 Å². The summed E-state index contributed by atoms with van der Waals surface area (Å²) in [6.07, 6.45) is 9.91. The normalized spacial score (nSPS) is 18.6. The van der Waals surface area contributed by atoms with E-state index in [1.165, 1.54) is 49.2 Å². The molecule has 1 rings (SSSR count). The minimum atomic E-state index is -2.14. The summed E-state index contributed by atoms with van der Waals surface area (Å²) in [5, 5.41) is 0. The molecule has 0 aromatic rings. The average Bonchev–Trinajstić information content (AvgIpc) is 2.69. The second kappa shape index (κ2) is 15.2. The van der Waals surface area contributed by atoms with Gasteiger partial charge in [0.15, 0.2) is 0 Å². The molecule has 0 amide bonds. The Morgan fingerprint density at radius 1 is 1.16 bits per heavy atom. The molecule has 0 N–H and O–H groups in total. The SMILES string of the molecule is C=[C](C(CCCC1(CC/C=C(\C)COCOC)SCCCS1)CO[Si](C)(C)C)[Sn]([CH3])([CH3])[CH3]. The standard InChI is InChI=1S/C22H41O3S2Si.3CH3.Sn/c1-7-21(18-25-28(4,5)6)12-9-14-22(26-15-10-16-27-22)13-8-11-20(2)17-24-19-23-3;;;;/h11,21H,1,8-10,12-19H2,2-6H3;3*1H3;/b20-11+;;;;. The first-order chi connectivity index (χ1) is 14.9. The fourth-order valence-corrected chi connectivity index (χ4v) is 12.1. The summed E-state index contributed by atoms with van der Waals surface area (Å²) in [4.78, 5) is 7.49. The van der Waals surface area contributed by atoms with Crippen LogP contribution in [-0.2, 0) is 13.9 Å². The van der Waals surface area contributed by atoms with Gasteiger partial charge in [-0.1, -0.05) is 0 Å². The molecule has 1 aliphatic heterocycles. The molecular formula is C25H50O3S2SiSn. The fourth-order valence-electron chi connectivity index (χ4n) is 3.85. The average molecular weight is 610 g/mol. The van der Waals surface area contributed by atoms with Crippen molar-refractivity contribution in [3.05, 3.63) is 21.8 Å². The van der Waals surface area contributed by atoms with Crippen LogP contribution in [0.3, 0.4) is 0 Å². The van der Waals surface area contributed by atoms with E-state index in [2.05, 4.69) is 77.6 Å². The van der Waals surface area contributed by atoms with Crippen LogP contribution in [0, 0.1) is 5.92 Å². The van der Waals surface area contributed by atoms with Crippen LogP contribution in [0.15, 0.2) is 21.8 Å². The molecule has 188 valence electrons. The molecule has 0 radical (unpaired) electrons. The Bertz CT molecular complexity index is 579. The van der Waals surface area contributed by atoms with Crippen molar-refractivity contribution in [2.24, 2.45) is 5.92 Å². The number of ether oxygens (including phenoxy) is 2. The van der Waals surface area contributed by atoms with E-state index in [9.17, 15) is 0 Å². The van der Waals surface area contributed by atoms with E-state index < -0.39 is 26.7 Å². The van der Waals surface area contributed by atoms with Crippen LogP contribution in [0.1, 0.15) is 45.4 Å². The van der Waals surface area contributed by atoms with Gasteiger partial charge in [-0.05, 0) is 0 Å². The first kappa shape index (κ1) is 31.1. The van der Waals surface area contributed by atoms with Gasteiger partial charge in [-0.15, -0.1) is 0 Å². The number of hydrogen-bond donors (Lipinski definition) is 0. The molecule has 0 aliphatic carbocycles. The molecule has 32 heavy (non-hydrogen) atoms. The first-order valence-corrected chi connectivity index (χ1v) is 27.6. The quantitative estimate of drug-likeness (QED) is 0.0766.